The third-order valence-electron chi connectivity index (χ3n) is 4.35. The quantitative estimate of drug-likeness (QED) is 0.531. The van der Waals surface area contributed by atoms with Gasteiger partial charge in [0.15, 0.2) is 0 Å². The lowest BCUT2D eigenvalue weighted by Crippen LogP contribution is -2.05. The molecule has 1 N–H and O–H groups in total. The molecule has 0 aliphatic rings. The first kappa shape index (κ1) is 17.6. The topological polar surface area (TPSA) is 21.3 Å². The SMILES string of the molecule is Cc1cccc(NCc2ccccc2OCc2ccc(Br)cc2)c1C. The van der Waals surface area contributed by atoms with Crippen molar-refractivity contribution in [3.63, 3.8) is 0 Å². The van der Waals surface area contributed by atoms with Gasteiger partial charge in [0.2, 0.25) is 0 Å². The molecule has 0 aromatic heterocycles. The first-order valence-corrected chi connectivity index (χ1v) is 9.18. The van der Waals surface area contributed by atoms with Crippen LogP contribution in [0, 0.1) is 13.8 Å². The summed E-state index contributed by atoms with van der Waals surface area (Å²) in [4.78, 5) is 0. The number of rotatable bonds is 6. The highest BCUT2D eigenvalue weighted by Crippen LogP contribution is 2.23. The Balaban J connectivity index is 1.68. The Morgan fingerprint density at radius 3 is 2.44 bits per heavy atom. The molecule has 0 aliphatic heterocycles. The van der Waals surface area contributed by atoms with E-state index in [1.54, 1.807) is 0 Å². The minimum absolute atomic E-state index is 0.563. The molecule has 0 radical (unpaired) electrons. The molecule has 0 aliphatic carbocycles. The zero-order chi connectivity index (χ0) is 17.6. The summed E-state index contributed by atoms with van der Waals surface area (Å²) in [5.41, 5.74) is 6.06. The van der Waals surface area contributed by atoms with Gasteiger partial charge in [-0.3, -0.25) is 0 Å². The molecule has 0 spiro atoms. The van der Waals surface area contributed by atoms with Gasteiger partial charge in [0, 0.05) is 22.3 Å². The van der Waals surface area contributed by atoms with Crippen LogP contribution >= 0.6 is 15.9 Å². The number of nitrogens with one attached hydrogen (secondary N) is 1. The van der Waals surface area contributed by atoms with Crippen LogP contribution in [0.3, 0.4) is 0 Å². The Morgan fingerprint density at radius 2 is 1.64 bits per heavy atom. The zero-order valence-corrected chi connectivity index (χ0v) is 16.1. The van der Waals surface area contributed by atoms with Crippen molar-refractivity contribution in [3.8, 4) is 5.75 Å². The first-order valence-electron chi connectivity index (χ1n) is 8.39. The summed E-state index contributed by atoms with van der Waals surface area (Å²) in [5, 5.41) is 3.53. The lowest BCUT2D eigenvalue weighted by atomic mass is 10.1. The minimum Gasteiger partial charge on any atom is -0.489 e. The fourth-order valence-corrected chi connectivity index (χ4v) is 2.93. The summed E-state index contributed by atoms with van der Waals surface area (Å²) >= 11 is 3.46. The molecule has 0 bridgehead atoms. The molecule has 2 nitrogen and oxygen atoms in total. The maximum Gasteiger partial charge on any atom is 0.124 e. The normalized spacial score (nSPS) is 10.5. The second-order valence-electron chi connectivity index (χ2n) is 6.12. The number of benzene rings is 3. The van der Waals surface area contributed by atoms with E-state index in [1.807, 2.05) is 30.3 Å². The van der Waals surface area contributed by atoms with E-state index in [4.69, 9.17) is 4.74 Å². The van der Waals surface area contributed by atoms with E-state index in [9.17, 15) is 0 Å². The summed E-state index contributed by atoms with van der Waals surface area (Å²) in [6.07, 6.45) is 0. The maximum absolute atomic E-state index is 6.05. The molecule has 0 atom stereocenters. The van der Waals surface area contributed by atoms with Crippen molar-refractivity contribution in [1.29, 1.82) is 0 Å². The summed E-state index contributed by atoms with van der Waals surface area (Å²) in [6.45, 7) is 5.58. The van der Waals surface area contributed by atoms with E-state index < -0.39 is 0 Å². The van der Waals surface area contributed by atoms with Crippen molar-refractivity contribution in [2.45, 2.75) is 27.0 Å². The number of anilines is 1. The number of ether oxygens (including phenoxy) is 1. The molecule has 3 aromatic carbocycles. The number of aryl methyl sites for hydroxylation is 1. The van der Waals surface area contributed by atoms with E-state index in [0.717, 1.165) is 27.9 Å². The lowest BCUT2D eigenvalue weighted by Gasteiger charge is -2.15. The Kier molecular flexibility index (Phi) is 5.77. The molecule has 128 valence electrons. The fraction of sp³-hybridized carbons (Fsp3) is 0.182. The average molecular weight is 396 g/mol. The number of hydrogen-bond donors (Lipinski definition) is 1. The fourth-order valence-electron chi connectivity index (χ4n) is 2.67. The van der Waals surface area contributed by atoms with Gasteiger partial charge in [-0.15, -0.1) is 0 Å². The first-order chi connectivity index (χ1) is 12.1. The molecule has 0 amide bonds. The molecular weight excluding hydrogens is 374 g/mol. The van der Waals surface area contributed by atoms with Gasteiger partial charge >= 0.3 is 0 Å². The van der Waals surface area contributed by atoms with Gasteiger partial charge in [0.05, 0.1) is 0 Å². The predicted octanol–water partition coefficient (Wildman–Crippen LogP) is 6.26. The zero-order valence-electron chi connectivity index (χ0n) is 14.6. The number of para-hydroxylation sites is 1. The Morgan fingerprint density at radius 1 is 0.880 bits per heavy atom. The average Bonchev–Trinajstić information content (AvgIpc) is 2.63. The van der Waals surface area contributed by atoms with Gasteiger partial charge in [0.1, 0.15) is 12.4 Å². The summed E-state index contributed by atoms with van der Waals surface area (Å²) < 4.78 is 7.13. The summed E-state index contributed by atoms with van der Waals surface area (Å²) in [5.74, 6) is 0.920. The van der Waals surface area contributed by atoms with Crippen LogP contribution in [-0.2, 0) is 13.2 Å². The van der Waals surface area contributed by atoms with Crippen molar-refractivity contribution in [2.75, 3.05) is 5.32 Å². The predicted molar refractivity (Wildman–Crippen MR) is 108 cm³/mol. The summed E-state index contributed by atoms with van der Waals surface area (Å²) in [6, 6.07) is 22.7. The molecule has 0 saturated heterocycles. The van der Waals surface area contributed by atoms with Crippen LogP contribution in [0.5, 0.6) is 5.75 Å². The Labute approximate surface area is 158 Å². The van der Waals surface area contributed by atoms with Crippen molar-refractivity contribution in [2.24, 2.45) is 0 Å². The number of halogens is 1. The van der Waals surface area contributed by atoms with Crippen LogP contribution in [-0.4, -0.2) is 0 Å². The molecule has 0 saturated carbocycles. The van der Waals surface area contributed by atoms with E-state index in [0.29, 0.717) is 6.61 Å². The third kappa shape index (κ3) is 4.64. The van der Waals surface area contributed by atoms with Gasteiger partial charge in [-0.05, 0) is 54.8 Å². The Bertz CT molecular complexity index is 843. The molecule has 3 rings (SSSR count). The van der Waals surface area contributed by atoms with Crippen LogP contribution in [0.2, 0.25) is 0 Å². The van der Waals surface area contributed by atoms with E-state index in [-0.39, 0.29) is 0 Å². The van der Waals surface area contributed by atoms with Crippen LogP contribution in [0.25, 0.3) is 0 Å². The van der Waals surface area contributed by atoms with Crippen molar-refractivity contribution >= 4 is 21.6 Å². The standard InChI is InChI=1S/C22H22BrNO/c1-16-6-5-8-21(17(16)2)24-14-19-7-3-4-9-22(19)25-15-18-10-12-20(23)13-11-18/h3-13,24H,14-15H2,1-2H3. The van der Waals surface area contributed by atoms with Gasteiger partial charge in [-0.25, -0.2) is 0 Å². The monoisotopic (exact) mass is 395 g/mol. The van der Waals surface area contributed by atoms with Crippen LogP contribution in [0.1, 0.15) is 22.3 Å². The van der Waals surface area contributed by atoms with E-state index in [2.05, 4.69) is 71.5 Å². The van der Waals surface area contributed by atoms with Crippen molar-refractivity contribution < 1.29 is 4.74 Å². The minimum atomic E-state index is 0.563. The molecule has 0 fully saturated rings. The highest BCUT2D eigenvalue weighted by Gasteiger charge is 2.05. The van der Waals surface area contributed by atoms with Crippen molar-refractivity contribution in [3.05, 3.63) is 93.5 Å². The molecule has 25 heavy (non-hydrogen) atoms. The molecule has 3 aromatic rings. The van der Waals surface area contributed by atoms with E-state index >= 15 is 0 Å². The highest BCUT2D eigenvalue weighted by atomic mass is 79.9. The number of hydrogen-bond acceptors (Lipinski definition) is 2. The van der Waals surface area contributed by atoms with Crippen LogP contribution in [0.15, 0.2) is 71.2 Å². The van der Waals surface area contributed by atoms with E-state index in [1.165, 1.54) is 16.8 Å². The largest absolute Gasteiger partial charge is 0.489 e. The van der Waals surface area contributed by atoms with Gasteiger partial charge in [-0.2, -0.15) is 0 Å². The second-order valence-corrected chi connectivity index (χ2v) is 7.04. The molecule has 0 heterocycles. The highest BCUT2D eigenvalue weighted by molar-refractivity contribution is 9.10. The molecule has 0 unspecified atom stereocenters. The van der Waals surface area contributed by atoms with Gasteiger partial charge in [-0.1, -0.05) is 58.4 Å². The summed E-state index contributed by atoms with van der Waals surface area (Å²) in [7, 11) is 0. The maximum atomic E-state index is 6.05. The van der Waals surface area contributed by atoms with Crippen LogP contribution < -0.4 is 10.1 Å². The molecular formula is C22H22BrNO. The smallest absolute Gasteiger partial charge is 0.124 e. The molecule has 3 heteroatoms. The van der Waals surface area contributed by atoms with Gasteiger partial charge < -0.3 is 10.1 Å². The van der Waals surface area contributed by atoms with Crippen LogP contribution in [0.4, 0.5) is 5.69 Å². The van der Waals surface area contributed by atoms with Crippen molar-refractivity contribution in [1.82, 2.24) is 0 Å². The lowest BCUT2D eigenvalue weighted by molar-refractivity contribution is 0.303. The third-order valence-corrected chi connectivity index (χ3v) is 4.88. The van der Waals surface area contributed by atoms with Gasteiger partial charge in [0.25, 0.3) is 0 Å². The second kappa shape index (κ2) is 8.21. The Hall–Kier alpha value is -2.26.